The molecule has 0 aromatic heterocycles. The molecule has 0 spiro atoms. The van der Waals surface area contributed by atoms with Gasteiger partial charge in [0.05, 0.1) is 11.6 Å². The second-order valence-corrected chi connectivity index (χ2v) is 5.99. The molecule has 2 N–H and O–H groups in total. The summed E-state index contributed by atoms with van der Waals surface area (Å²) in [7, 11) is 1.69. The second-order valence-electron chi connectivity index (χ2n) is 5.13. The van der Waals surface area contributed by atoms with E-state index in [9.17, 15) is 0 Å². The van der Waals surface area contributed by atoms with Gasteiger partial charge in [-0.3, -0.25) is 4.90 Å². The summed E-state index contributed by atoms with van der Waals surface area (Å²) in [4.78, 5) is 2.47. The van der Waals surface area contributed by atoms with Gasteiger partial charge in [-0.1, -0.05) is 13.0 Å². The minimum absolute atomic E-state index is 0. The predicted molar refractivity (Wildman–Crippen MR) is 85.0 cm³/mol. The van der Waals surface area contributed by atoms with E-state index >= 15 is 0 Å². The quantitative estimate of drug-likeness (QED) is 0.911. The number of benzene rings is 1. The third kappa shape index (κ3) is 4.35. The van der Waals surface area contributed by atoms with Crippen LogP contribution >= 0.6 is 28.3 Å². The molecule has 1 heterocycles. The fourth-order valence-electron chi connectivity index (χ4n) is 2.46. The molecule has 0 saturated carbocycles. The van der Waals surface area contributed by atoms with Gasteiger partial charge in [0.25, 0.3) is 0 Å². The van der Waals surface area contributed by atoms with Gasteiger partial charge in [0, 0.05) is 19.1 Å². The highest BCUT2D eigenvalue weighted by atomic mass is 79.9. The van der Waals surface area contributed by atoms with E-state index in [0.717, 1.165) is 36.3 Å². The van der Waals surface area contributed by atoms with Crippen LogP contribution in [-0.2, 0) is 6.54 Å². The topological polar surface area (TPSA) is 38.5 Å². The minimum atomic E-state index is 0. The molecule has 1 fully saturated rings. The van der Waals surface area contributed by atoms with Crippen LogP contribution in [0.25, 0.3) is 0 Å². The first-order chi connectivity index (χ1) is 8.60. The van der Waals surface area contributed by atoms with Gasteiger partial charge in [0.2, 0.25) is 0 Å². The summed E-state index contributed by atoms with van der Waals surface area (Å²) in [5.74, 6) is 1.47. The Kier molecular flexibility index (Phi) is 6.60. The lowest BCUT2D eigenvalue weighted by Crippen LogP contribution is -2.45. The Morgan fingerprint density at radius 1 is 1.47 bits per heavy atom. The maximum Gasteiger partial charge on any atom is 0.133 e. The molecule has 0 bridgehead atoms. The van der Waals surface area contributed by atoms with Gasteiger partial charge in [0.15, 0.2) is 0 Å². The van der Waals surface area contributed by atoms with Crippen LogP contribution in [0.1, 0.15) is 18.9 Å². The Labute approximate surface area is 130 Å². The number of ether oxygens (including phenoxy) is 1. The summed E-state index contributed by atoms with van der Waals surface area (Å²) in [5.41, 5.74) is 7.36. The molecule has 1 aliphatic rings. The molecule has 0 radical (unpaired) electrons. The molecule has 1 saturated heterocycles. The maximum atomic E-state index is 6.05. The van der Waals surface area contributed by atoms with Crippen LogP contribution in [-0.4, -0.2) is 31.1 Å². The van der Waals surface area contributed by atoms with Crippen molar-refractivity contribution in [1.29, 1.82) is 0 Å². The van der Waals surface area contributed by atoms with E-state index in [1.807, 2.05) is 6.07 Å². The molecular formula is C14H22BrClN2O. The number of halogens is 2. The molecule has 2 atom stereocenters. The van der Waals surface area contributed by atoms with Crippen molar-refractivity contribution >= 4 is 28.3 Å². The molecular weight excluding hydrogens is 328 g/mol. The van der Waals surface area contributed by atoms with E-state index in [4.69, 9.17) is 10.5 Å². The van der Waals surface area contributed by atoms with Crippen LogP contribution in [0.2, 0.25) is 0 Å². The monoisotopic (exact) mass is 348 g/mol. The van der Waals surface area contributed by atoms with E-state index in [1.54, 1.807) is 7.11 Å². The summed E-state index contributed by atoms with van der Waals surface area (Å²) in [5, 5.41) is 0. The van der Waals surface area contributed by atoms with Crippen molar-refractivity contribution in [1.82, 2.24) is 4.90 Å². The van der Waals surface area contributed by atoms with Crippen LogP contribution in [0.5, 0.6) is 5.75 Å². The largest absolute Gasteiger partial charge is 0.496 e. The Morgan fingerprint density at radius 2 is 2.21 bits per heavy atom. The molecule has 5 heteroatoms. The van der Waals surface area contributed by atoms with Crippen molar-refractivity contribution in [3.63, 3.8) is 0 Å². The molecule has 2 rings (SSSR count). The van der Waals surface area contributed by atoms with Gasteiger partial charge in [-0.2, -0.15) is 0 Å². The highest BCUT2D eigenvalue weighted by molar-refractivity contribution is 9.10. The Hall–Kier alpha value is -0.290. The van der Waals surface area contributed by atoms with E-state index < -0.39 is 0 Å². The number of methoxy groups -OCH3 is 1. The number of hydrogen-bond acceptors (Lipinski definition) is 3. The summed E-state index contributed by atoms with van der Waals surface area (Å²) >= 11 is 3.53. The van der Waals surface area contributed by atoms with E-state index in [0.29, 0.717) is 12.0 Å². The van der Waals surface area contributed by atoms with Gasteiger partial charge < -0.3 is 10.5 Å². The summed E-state index contributed by atoms with van der Waals surface area (Å²) < 4.78 is 6.26. The number of nitrogens with two attached hydrogens (primary N) is 1. The first kappa shape index (κ1) is 16.8. The third-order valence-corrected chi connectivity index (χ3v) is 4.30. The fourth-order valence-corrected chi connectivity index (χ4v) is 3.05. The number of rotatable bonds is 3. The number of nitrogens with zero attached hydrogens (tertiary/aromatic N) is 1. The second kappa shape index (κ2) is 7.48. The molecule has 3 nitrogen and oxygen atoms in total. The molecule has 0 amide bonds. The lowest BCUT2D eigenvalue weighted by atomic mass is 9.94. The normalized spacial score (nSPS) is 23.8. The molecule has 0 aliphatic carbocycles. The number of piperidine rings is 1. The first-order valence-electron chi connectivity index (χ1n) is 6.40. The van der Waals surface area contributed by atoms with Crippen LogP contribution in [0.4, 0.5) is 0 Å². The summed E-state index contributed by atoms with van der Waals surface area (Å²) in [6.07, 6.45) is 1.10. The van der Waals surface area contributed by atoms with Gasteiger partial charge in [-0.05, 0) is 52.5 Å². The molecule has 108 valence electrons. The van der Waals surface area contributed by atoms with Crippen molar-refractivity contribution < 1.29 is 4.74 Å². The predicted octanol–water partition coefficient (Wildman–Crippen LogP) is 3.05. The smallest absolute Gasteiger partial charge is 0.133 e. The van der Waals surface area contributed by atoms with Crippen LogP contribution in [0, 0.1) is 5.92 Å². The van der Waals surface area contributed by atoms with Gasteiger partial charge in [-0.25, -0.2) is 0 Å². The van der Waals surface area contributed by atoms with Crippen LogP contribution in [0.3, 0.4) is 0 Å². The molecule has 19 heavy (non-hydrogen) atoms. The van der Waals surface area contributed by atoms with Crippen molar-refractivity contribution in [2.24, 2.45) is 11.7 Å². The van der Waals surface area contributed by atoms with Gasteiger partial charge in [-0.15, -0.1) is 12.4 Å². The van der Waals surface area contributed by atoms with E-state index in [2.05, 4.69) is 39.9 Å². The fraction of sp³-hybridized carbons (Fsp3) is 0.571. The molecule has 1 aromatic rings. The third-order valence-electron chi connectivity index (χ3n) is 3.68. The van der Waals surface area contributed by atoms with Gasteiger partial charge in [0.1, 0.15) is 5.75 Å². The average Bonchev–Trinajstić information content (AvgIpc) is 2.34. The summed E-state index contributed by atoms with van der Waals surface area (Å²) in [6.45, 7) is 5.40. The van der Waals surface area contributed by atoms with Crippen molar-refractivity contribution in [3.05, 3.63) is 28.2 Å². The first-order valence-corrected chi connectivity index (χ1v) is 7.20. The molecule has 1 aliphatic heterocycles. The minimum Gasteiger partial charge on any atom is -0.496 e. The average molecular weight is 350 g/mol. The van der Waals surface area contributed by atoms with Crippen LogP contribution in [0.15, 0.2) is 22.7 Å². The standard InChI is InChI=1S/C14H21BrN2O.ClH/c1-10-8-17(6-5-13(10)16)9-11-3-4-14(18-2)12(15)7-11;/h3-4,7,10,13H,5-6,8-9,16H2,1-2H3;1H. The lowest BCUT2D eigenvalue weighted by Gasteiger charge is -2.35. The molecule has 2 unspecified atom stereocenters. The highest BCUT2D eigenvalue weighted by Gasteiger charge is 2.22. The zero-order valence-corrected chi connectivity index (χ0v) is 13.8. The van der Waals surface area contributed by atoms with E-state index in [1.165, 1.54) is 5.56 Å². The lowest BCUT2D eigenvalue weighted by molar-refractivity contribution is 0.158. The van der Waals surface area contributed by atoms with Gasteiger partial charge >= 0.3 is 0 Å². The zero-order chi connectivity index (χ0) is 13.1. The highest BCUT2D eigenvalue weighted by Crippen LogP contribution is 2.26. The Morgan fingerprint density at radius 3 is 2.79 bits per heavy atom. The van der Waals surface area contributed by atoms with E-state index in [-0.39, 0.29) is 12.4 Å². The van der Waals surface area contributed by atoms with Crippen molar-refractivity contribution in [2.75, 3.05) is 20.2 Å². The maximum absolute atomic E-state index is 6.05. The Balaban J connectivity index is 0.00000180. The Bertz CT molecular complexity index is 416. The van der Waals surface area contributed by atoms with Crippen molar-refractivity contribution in [3.8, 4) is 5.75 Å². The number of hydrogen-bond donors (Lipinski definition) is 1. The zero-order valence-electron chi connectivity index (χ0n) is 11.4. The molecule has 1 aromatic carbocycles. The SMILES string of the molecule is COc1ccc(CN2CCC(N)C(C)C2)cc1Br.Cl. The van der Waals surface area contributed by atoms with Crippen molar-refractivity contribution in [2.45, 2.75) is 25.9 Å². The summed E-state index contributed by atoms with van der Waals surface area (Å²) in [6, 6.07) is 6.64. The number of likely N-dealkylation sites (tertiary alicyclic amines) is 1. The van der Waals surface area contributed by atoms with Crippen LogP contribution < -0.4 is 10.5 Å².